The molecule has 0 radical (unpaired) electrons. The van der Waals surface area contributed by atoms with Crippen LogP contribution >= 0.6 is 0 Å². The number of hydrogen-bond acceptors (Lipinski definition) is 7. The standard InChI is InChI=1S/C30H23NO7/c1-35-21-12-14-23-24-15-13-22(17-26(24)38-28(32)25(23)16-21)37-29(33)27(20-10-6-3-7-11-20)31-30(34)36-18-19-8-4-2-5-9-19/h2-17,27H,18H2,1H3,(H,31,34). The molecular formula is C30H23NO7. The Bertz CT molecular complexity index is 1660. The number of rotatable bonds is 7. The molecule has 0 fully saturated rings. The molecule has 0 saturated heterocycles. The zero-order valence-electron chi connectivity index (χ0n) is 20.4. The Kier molecular flexibility index (Phi) is 7.04. The maximum absolute atomic E-state index is 13.2. The van der Waals surface area contributed by atoms with E-state index < -0.39 is 23.7 Å². The van der Waals surface area contributed by atoms with E-state index in [9.17, 15) is 14.4 Å². The van der Waals surface area contributed by atoms with Crippen LogP contribution in [0.5, 0.6) is 11.5 Å². The largest absolute Gasteiger partial charge is 0.497 e. The Balaban J connectivity index is 1.38. The normalized spacial score (nSPS) is 11.6. The van der Waals surface area contributed by atoms with Gasteiger partial charge in [-0.2, -0.15) is 0 Å². The maximum atomic E-state index is 13.2. The molecule has 4 aromatic carbocycles. The van der Waals surface area contributed by atoms with Crippen molar-refractivity contribution in [1.29, 1.82) is 0 Å². The number of amides is 1. The number of ether oxygens (including phenoxy) is 3. The van der Waals surface area contributed by atoms with Crippen LogP contribution in [0.25, 0.3) is 21.7 Å². The van der Waals surface area contributed by atoms with Gasteiger partial charge in [-0.05, 0) is 41.5 Å². The van der Waals surface area contributed by atoms with Crippen LogP contribution < -0.4 is 20.4 Å². The summed E-state index contributed by atoms with van der Waals surface area (Å²) in [5, 5.41) is 4.31. The van der Waals surface area contributed by atoms with Gasteiger partial charge in [0, 0.05) is 16.8 Å². The molecule has 8 heteroatoms. The van der Waals surface area contributed by atoms with Gasteiger partial charge in [-0.25, -0.2) is 14.4 Å². The van der Waals surface area contributed by atoms with Crippen molar-refractivity contribution in [2.24, 2.45) is 0 Å². The molecule has 1 N–H and O–H groups in total. The van der Waals surface area contributed by atoms with E-state index in [1.165, 1.54) is 13.2 Å². The molecule has 5 aromatic rings. The van der Waals surface area contributed by atoms with E-state index >= 15 is 0 Å². The highest BCUT2D eigenvalue weighted by Gasteiger charge is 2.26. The van der Waals surface area contributed by atoms with Crippen molar-refractivity contribution in [2.75, 3.05) is 7.11 Å². The highest BCUT2D eigenvalue weighted by atomic mass is 16.6. The zero-order chi connectivity index (χ0) is 26.5. The number of esters is 1. The second-order valence-electron chi connectivity index (χ2n) is 8.43. The zero-order valence-corrected chi connectivity index (χ0v) is 20.4. The van der Waals surface area contributed by atoms with E-state index in [2.05, 4.69) is 5.32 Å². The van der Waals surface area contributed by atoms with Gasteiger partial charge in [0.1, 0.15) is 23.7 Å². The highest BCUT2D eigenvalue weighted by Crippen LogP contribution is 2.29. The number of fused-ring (bicyclic) bond motifs is 3. The first-order valence-corrected chi connectivity index (χ1v) is 11.8. The molecule has 0 aliphatic carbocycles. The average Bonchev–Trinajstić information content (AvgIpc) is 2.95. The van der Waals surface area contributed by atoms with E-state index in [4.69, 9.17) is 18.6 Å². The van der Waals surface area contributed by atoms with Crippen molar-refractivity contribution < 1.29 is 28.2 Å². The topological polar surface area (TPSA) is 104 Å². The molecule has 8 nitrogen and oxygen atoms in total. The molecule has 5 rings (SSSR count). The van der Waals surface area contributed by atoms with Crippen molar-refractivity contribution >= 4 is 33.8 Å². The lowest BCUT2D eigenvalue weighted by Crippen LogP contribution is -2.36. The van der Waals surface area contributed by atoms with Crippen LogP contribution in [0.15, 0.2) is 106 Å². The lowest BCUT2D eigenvalue weighted by molar-refractivity contribution is -0.136. The predicted molar refractivity (Wildman–Crippen MR) is 141 cm³/mol. The van der Waals surface area contributed by atoms with Crippen LogP contribution in [0.2, 0.25) is 0 Å². The molecule has 0 bridgehead atoms. The number of methoxy groups -OCH3 is 1. The van der Waals surface area contributed by atoms with E-state index in [0.29, 0.717) is 27.5 Å². The number of nitrogens with one attached hydrogen (secondary N) is 1. The third-order valence-corrected chi connectivity index (χ3v) is 5.95. The first-order chi connectivity index (χ1) is 18.5. The van der Waals surface area contributed by atoms with Crippen molar-refractivity contribution in [1.82, 2.24) is 5.32 Å². The number of benzene rings is 4. The first kappa shape index (κ1) is 24.6. The fraction of sp³-hybridized carbons (Fsp3) is 0.100. The minimum atomic E-state index is -1.13. The molecule has 1 atom stereocenters. The molecule has 1 aromatic heterocycles. The first-order valence-electron chi connectivity index (χ1n) is 11.8. The summed E-state index contributed by atoms with van der Waals surface area (Å²) < 4.78 is 21.6. The lowest BCUT2D eigenvalue weighted by Gasteiger charge is -2.18. The van der Waals surface area contributed by atoms with E-state index in [1.807, 2.05) is 30.3 Å². The maximum Gasteiger partial charge on any atom is 0.408 e. The second-order valence-corrected chi connectivity index (χ2v) is 8.43. The van der Waals surface area contributed by atoms with Crippen molar-refractivity contribution in [3.8, 4) is 11.5 Å². The summed E-state index contributed by atoms with van der Waals surface area (Å²) in [7, 11) is 1.52. The molecule has 0 aliphatic rings. The number of alkyl carbamates (subject to hydrolysis) is 1. The van der Waals surface area contributed by atoms with Gasteiger partial charge in [0.15, 0.2) is 6.04 Å². The average molecular weight is 510 g/mol. The minimum Gasteiger partial charge on any atom is -0.497 e. The molecule has 0 aliphatic heterocycles. The lowest BCUT2D eigenvalue weighted by atomic mass is 10.1. The molecule has 1 amide bonds. The van der Waals surface area contributed by atoms with Crippen molar-refractivity contribution in [2.45, 2.75) is 12.6 Å². The molecule has 38 heavy (non-hydrogen) atoms. The molecular weight excluding hydrogens is 486 g/mol. The van der Waals surface area contributed by atoms with E-state index in [1.54, 1.807) is 60.7 Å². The third kappa shape index (κ3) is 5.34. The van der Waals surface area contributed by atoms with E-state index in [0.717, 1.165) is 5.56 Å². The van der Waals surface area contributed by atoms with Gasteiger partial charge in [-0.15, -0.1) is 0 Å². The van der Waals surface area contributed by atoms with Gasteiger partial charge < -0.3 is 23.9 Å². The van der Waals surface area contributed by atoms with Crippen molar-refractivity contribution in [3.63, 3.8) is 0 Å². The Morgan fingerprint density at radius 2 is 1.50 bits per heavy atom. The third-order valence-electron chi connectivity index (χ3n) is 5.95. The van der Waals surface area contributed by atoms with Crippen LogP contribution in [0.1, 0.15) is 17.2 Å². The van der Waals surface area contributed by atoms with Crippen LogP contribution in [0, 0.1) is 0 Å². The monoisotopic (exact) mass is 509 g/mol. The van der Waals surface area contributed by atoms with Crippen LogP contribution in [-0.2, 0) is 16.1 Å². The summed E-state index contributed by atoms with van der Waals surface area (Å²) in [6, 6.07) is 26.7. The minimum absolute atomic E-state index is 0.0484. The molecule has 1 heterocycles. The van der Waals surface area contributed by atoms with E-state index in [-0.39, 0.29) is 17.9 Å². The number of carbonyl (C=O) groups excluding carboxylic acids is 2. The Morgan fingerprint density at radius 1 is 0.816 bits per heavy atom. The SMILES string of the molecule is COc1ccc2c(c1)c(=O)oc1cc(OC(=O)C(NC(=O)OCc3ccccc3)c3ccccc3)ccc12. The molecule has 0 spiro atoms. The number of carbonyl (C=O) groups is 2. The van der Waals surface area contributed by atoms with Crippen LogP contribution in [0.3, 0.4) is 0 Å². The van der Waals surface area contributed by atoms with Gasteiger partial charge in [-0.3, -0.25) is 0 Å². The predicted octanol–water partition coefficient (Wildman–Crippen LogP) is 5.53. The second kappa shape index (κ2) is 10.9. The fourth-order valence-electron chi connectivity index (χ4n) is 4.06. The van der Waals surface area contributed by atoms with Gasteiger partial charge in [0.2, 0.25) is 0 Å². The summed E-state index contributed by atoms with van der Waals surface area (Å²) in [5.41, 5.74) is 1.04. The smallest absolute Gasteiger partial charge is 0.408 e. The quantitative estimate of drug-likeness (QED) is 0.133. The van der Waals surface area contributed by atoms with Gasteiger partial charge >= 0.3 is 17.7 Å². The van der Waals surface area contributed by atoms with Gasteiger partial charge in [0.05, 0.1) is 12.5 Å². The summed E-state index contributed by atoms with van der Waals surface area (Å²) in [5.74, 6) is -0.0459. The summed E-state index contributed by atoms with van der Waals surface area (Å²) >= 11 is 0. The number of hydrogen-bond donors (Lipinski definition) is 1. The van der Waals surface area contributed by atoms with Gasteiger partial charge in [-0.1, -0.05) is 60.7 Å². The summed E-state index contributed by atoms with van der Waals surface area (Å²) in [6.07, 6.45) is -0.772. The Morgan fingerprint density at radius 3 is 2.24 bits per heavy atom. The fourth-order valence-corrected chi connectivity index (χ4v) is 4.06. The Hall–Kier alpha value is -5.11. The highest BCUT2D eigenvalue weighted by molar-refractivity contribution is 6.05. The van der Waals surface area contributed by atoms with Gasteiger partial charge in [0.25, 0.3) is 0 Å². The summed E-state index contributed by atoms with van der Waals surface area (Å²) in [6.45, 7) is 0.0484. The van der Waals surface area contributed by atoms with Crippen LogP contribution in [-0.4, -0.2) is 19.2 Å². The summed E-state index contributed by atoms with van der Waals surface area (Å²) in [4.78, 5) is 38.3. The molecule has 190 valence electrons. The van der Waals surface area contributed by atoms with Crippen LogP contribution in [0.4, 0.5) is 4.79 Å². The molecule has 1 unspecified atom stereocenters. The van der Waals surface area contributed by atoms with Crippen molar-refractivity contribution in [3.05, 3.63) is 119 Å². The molecule has 0 saturated carbocycles. The Labute approximate surface area is 217 Å².